The van der Waals surface area contributed by atoms with Gasteiger partial charge >= 0.3 is 11.9 Å². The first-order valence-electron chi connectivity index (χ1n) is 8.20. The second-order valence-electron chi connectivity index (χ2n) is 5.72. The van der Waals surface area contributed by atoms with E-state index < -0.39 is 35.6 Å². The van der Waals surface area contributed by atoms with E-state index in [0.717, 1.165) is 12.5 Å². The van der Waals surface area contributed by atoms with Crippen LogP contribution in [0.2, 0.25) is 0 Å². The van der Waals surface area contributed by atoms with Crippen molar-refractivity contribution in [2.75, 3.05) is 18.9 Å². The van der Waals surface area contributed by atoms with Crippen molar-refractivity contribution in [3.05, 3.63) is 29.3 Å². The summed E-state index contributed by atoms with van der Waals surface area (Å²) in [6.07, 6.45) is -0.669. The predicted molar refractivity (Wildman–Crippen MR) is 94.4 cm³/mol. The highest BCUT2D eigenvalue weighted by Crippen LogP contribution is 2.23. The highest BCUT2D eigenvalue weighted by Gasteiger charge is 2.51. The minimum Gasteiger partial charge on any atom is -0.464 e. The Hall–Kier alpha value is -2.90. The van der Waals surface area contributed by atoms with Gasteiger partial charge in [0.1, 0.15) is 0 Å². The number of amides is 1. The van der Waals surface area contributed by atoms with Crippen molar-refractivity contribution < 1.29 is 28.7 Å². The number of carbonyl (C=O) groups is 4. The minimum atomic E-state index is -2.27. The molecule has 3 N–H and O–H groups in total. The van der Waals surface area contributed by atoms with Gasteiger partial charge in [0.05, 0.1) is 19.6 Å². The van der Waals surface area contributed by atoms with Gasteiger partial charge in [0.15, 0.2) is 5.78 Å². The third-order valence-corrected chi connectivity index (χ3v) is 3.57. The lowest BCUT2D eigenvalue weighted by atomic mass is 9.89. The van der Waals surface area contributed by atoms with Gasteiger partial charge in [0.25, 0.3) is 0 Å². The van der Waals surface area contributed by atoms with Crippen LogP contribution in [0.1, 0.15) is 43.1 Å². The number of hydrogen-bond acceptors (Lipinski definition) is 7. The van der Waals surface area contributed by atoms with Crippen molar-refractivity contribution in [3.8, 4) is 0 Å². The molecule has 0 fully saturated rings. The van der Waals surface area contributed by atoms with E-state index in [0.29, 0.717) is 0 Å². The molecule has 8 nitrogen and oxygen atoms in total. The molecule has 1 aromatic rings. The highest BCUT2D eigenvalue weighted by molar-refractivity contribution is 6.14. The summed E-state index contributed by atoms with van der Waals surface area (Å²) in [7, 11) is 0. The molecule has 0 aliphatic rings. The SMILES string of the molecule is CCOC(=O)C(CC(=O)c1ccc(C)cc1N)(NC(C)=O)C(=O)OCC. The largest absolute Gasteiger partial charge is 0.464 e. The third-order valence-electron chi connectivity index (χ3n) is 3.57. The minimum absolute atomic E-state index is 0.0412. The normalized spacial score (nSPS) is 10.8. The second kappa shape index (κ2) is 8.98. The summed E-state index contributed by atoms with van der Waals surface area (Å²) in [6, 6.07) is 4.78. The number of carbonyl (C=O) groups excluding carboxylic acids is 4. The Labute approximate surface area is 152 Å². The van der Waals surface area contributed by atoms with Crippen molar-refractivity contribution in [3.63, 3.8) is 0 Å². The fourth-order valence-electron chi connectivity index (χ4n) is 2.46. The van der Waals surface area contributed by atoms with Crippen LogP contribution in [0.25, 0.3) is 0 Å². The smallest absolute Gasteiger partial charge is 0.344 e. The van der Waals surface area contributed by atoms with Crippen LogP contribution in [0.5, 0.6) is 0 Å². The maximum atomic E-state index is 12.7. The van der Waals surface area contributed by atoms with Crippen molar-refractivity contribution in [2.45, 2.75) is 39.7 Å². The molecule has 0 saturated heterocycles. The average Bonchev–Trinajstić information content (AvgIpc) is 2.53. The summed E-state index contributed by atoms with van der Waals surface area (Å²) >= 11 is 0. The first-order chi connectivity index (χ1) is 12.2. The van der Waals surface area contributed by atoms with E-state index >= 15 is 0 Å². The molecule has 0 aromatic heterocycles. The third kappa shape index (κ3) is 4.81. The number of nitrogens with two attached hydrogens (primary N) is 1. The summed E-state index contributed by atoms with van der Waals surface area (Å²) in [5, 5.41) is 2.24. The summed E-state index contributed by atoms with van der Waals surface area (Å²) in [5.41, 5.74) is 4.80. The van der Waals surface area contributed by atoms with Gasteiger partial charge in [-0.25, -0.2) is 9.59 Å². The maximum Gasteiger partial charge on any atom is 0.344 e. The summed E-state index contributed by atoms with van der Waals surface area (Å²) in [5.74, 6) is -3.41. The van der Waals surface area contributed by atoms with Crippen molar-refractivity contribution in [2.24, 2.45) is 0 Å². The van der Waals surface area contributed by atoms with E-state index in [2.05, 4.69) is 5.32 Å². The predicted octanol–water partition coefficient (Wildman–Crippen LogP) is 1.15. The molecular weight excluding hydrogens is 340 g/mol. The van der Waals surface area contributed by atoms with Gasteiger partial charge in [-0.3, -0.25) is 9.59 Å². The van der Waals surface area contributed by atoms with Crippen LogP contribution in [0.15, 0.2) is 18.2 Å². The van der Waals surface area contributed by atoms with Gasteiger partial charge in [-0.15, -0.1) is 0 Å². The Morgan fingerprint density at radius 2 is 1.62 bits per heavy atom. The fraction of sp³-hybridized carbons (Fsp3) is 0.444. The van der Waals surface area contributed by atoms with E-state index in [-0.39, 0.29) is 24.5 Å². The molecule has 142 valence electrons. The first-order valence-corrected chi connectivity index (χ1v) is 8.20. The topological polar surface area (TPSA) is 125 Å². The van der Waals surface area contributed by atoms with Crippen molar-refractivity contribution in [1.29, 1.82) is 0 Å². The molecule has 0 aliphatic carbocycles. The quantitative estimate of drug-likeness (QED) is 0.307. The second-order valence-corrected chi connectivity index (χ2v) is 5.72. The Morgan fingerprint density at radius 1 is 1.08 bits per heavy atom. The van der Waals surface area contributed by atoms with Crippen LogP contribution in [-0.2, 0) is 23.9 Å². The molecule has 0 unspecified atom stereocenters. The molecule has 0 heterocycles. The Morgan fingerprint density at radius 3 is 2.04 bits per heavy atom. The van der Waals surface area contributed by atoms with Gasteiger partial charge in [-0.2, -0.15) is 0 Å². The number of esters is 2. The fourth-order valence-corrected chi connectivity index (χ4v) is 2.46. The molecular formula is C18H24N2O6. The summed E-state index contributed by atoms with van der Waals surface area (Å²) < 4.78 is 9.85. The number of rotatable bonds is 8. The van der Waals surface area contributed by atoms with E-state index in [1.54, 1.807) is 26.0 Å². The van der Waals surface area contributed by atoms with E-state index in [1.165, 1.54) is 6.07 Å². The monoisotopic (exact) mass is 364 g/mol. The lowest BCUT2D eigenvalue weighted by molar-refractivity contribution is -0.167. The van der Waals surface area contributed by atoms with Crippen LogP contribution in [0.3, 0.4) is 0 Å². The number of aryl methyl sites for hydroxylation is 1. The summed E-state index contributed by atoms with van der Waals surface area (Å²) in [6.45, 7) is 5.94. The molecule has 26 heavy (non-hydrogen) atoms. The van der Waals surface area contributed by atoms with Gasteiger partial charge in [0.2, 0.25) is 11.4 Å². The molecule has 0 saturated carbocycles. The van der Waals surface area contributed by atoms with Gasteiger partial charge in [-0.1, -0.05) is 6.07 Å². The van der Waals surface area contributed by atoms with Crippen LogP contribution < -0.4 is 11.1 Å². The maximum absolute atomic E-state index is 12.7. The highest BCUT2D eigenvalue weighted by atomic mass is 16.6. The first kappa shape index (κ1) is 21.1. The molecule has 0 spiro atoms. The molecule has 8 heteroatoms. The van der Waals surface area contributed by atoms with Gasteiger partial charge in [-0.05, 0) is 38.5 Å². The van der Waals surface area contributed by atoms with E-state index in [1.807, 2.05) is 6.92 Å². The number of anilines is 1. The Balaban J connectivity index is 3.36. The molecule has 0 bridgehead atoms. The van der Waals surface area contributed by atoms with E-state index in [4.69, 9.17) is 15.2 Å². The zero-order valence-electron chi connectivity index (χ0n) is 15.4. The zero-order chi connectivity index (χ0) is 19.9. The number of Topliss-reactive ketones (excluding diaryl/α,β-unsaturated/α-hetero) is 1. The summed E-state index contributed by atoms with van der Waals surface area (Å²) in [4.78, 5) is 49.4. The van der Waals surface area contributed by atoms with Gasteiger partial charge < -0.3 is 20.5 Å². The lowest BCUT2D eigenvalue weighted by Crippen LogP contribution is -2.62. The number of ketones is 1. The van der Waals surface area contributed by atoms with Crippen molar-refractivity contribution >= 4 is 29.3 Å². The number of nitrogens with one attached hydrogen (secondary N) is 1. The standard InChI is InChI=1S/C18H24N2O6/c1-5-25-16(23)18(20-12(4)21,17(24)26-6-2)10-15(22)13-8-7-11(3)9-14(13)19/h7-9H,5-6,10,19H2,1-4H3,(H,20,21). The Bertz CT molecular complexity index is 696. The molecule has 0 radical (unpaired) electrons. The van der Waals surface area contributed by atoms with Crippen LogP contribution in [-0.4, -0.2) is 42.4 Å². The number of benzene rings is 1. The zero-order valence-corrected chi connectivity index (χ0v) is 15.4. The van der Waals surface area contributed by atoms with Crippen LogP contribution >= 0.6 is 0 Å². The number of ether oxygens (including phenoxy) is 2. The Kier molecular flexibility index (Phi) is 7.30. The molecule has 1 aromatic carbocycles. The van der Waals surface area contributed by atoms with Gasteiger partial charge in [0, 0.05) is 18.2 Å². The molecule has 0 aliphatic heterocycles. The van der Waals surface area contributed by atoms with E-state index in [9.17, 15) is 19.2 Å². The molecule has 1 amide bonds. The lowest BCUT2D eigenvalue weighted by Gasteiger charge is -2.29. The number of nitrogen functional groups attached to an aromatic ring is 1. The van der Waals surface area contributed by atoms with Crippen molar-refractivity contribution in [1.82, 2.24) is 5.32 Å². The van der Waals surface area contributed by atoms with Crippen LogP contribution in [0.4, 0.5) is 5.69 Å². The average molecular weight is 364 g/mol. The number of hydrogen-bond donors (Lipinski definition) is 2. The molecule has 0 atom stereocenters. The van der Waals surface area contributed by atoms with Crippen LogP contribution in [0, 0.1) is 6.92 Å². The molecule has 1 rings (SSSR count).